The maximum atomic E-state index is 14.4. The van der Waals surface area contributed by atoms with Crippen LogP contribution in [0, 0.1) is 0 Å². The second-order valence-electron chi connectivity index (χ2n) is 6.38. The third kappa shape index (κ3) is 1.61. The summed E-state index contributed by atoms with van der Waals surface area (Å²) in [5.41, 5.74) is -1.01. The lowest BCUT2D eigenvalue weighted by atomic mass is 9.81. The van der Waals surface area contributed by atoms with Crippen LogP contribution in [-0.4, -0.2) is 58.0 Å². The molecule has 0 aromatic carbocycles. The van der Waals surface area contributed by atoms with Gasteiger partial charge in [0, 0.05) is 26.3 Å². The Kier molecular flexibility index (Phi) is 2.50. The molecular formula is C15H18FN3O2. The number of likely N-dealkylation sites (tertiary alicyclic amines) is 1. The average Bonchev–Trinajstić information content (AvgIpc) is 3.07. The van der Waals surface area contributed by atoms with Gasteiger partial charge in [0.05, 0.1) is 12.1 Å². The molecular weight excluding hydrogens is 273 g/mol. The Hall–Kier alpha value is -1.85. The molecule has 0 spiro atoms. The first-order valence-electron chi connectivity index (χ1n) is 7.43. The predicted molar refractivity (Wildman–Crippen MR) is 73.6 cm³/mol. The lowest BCUT2D eigenvalue weighted by Gasteiger charge is -2.36. The summed E-state index contributed by atoms with van der Waals surface area (Å²) in [5, 5.41) is 0. The molecule has 21 heavy (non-hydrogen) atoms. The van der Waals surface area contributed by atoms with Crippen LogP contribution < -0.4 is 0 Å². The van der Waals surface area contributed by atoms with E-state index in [0.29, 0.717) is 31.6 Å². The number of carbonyl (C=O) groups is 2. The molecule has 3 aliphatic rings. The molecule has 0 N–H and O–H groups in total. The Labute approximate surface area is 122 Å². The van der Waals surface area contributed by atoms with E-state index in [-0.39, 0.29) is 18.0 Å². The molecule has 6 heteroatoms. The molecule has 1 saturated carbocycles. The number of fused-ring (bicyclic) bond motifs is 3. The second-order valence-corrected chi connectivity index (χ2v) is 6.38. The highest BCUT2D eigenvalue weighted by atomic mass is 19.1. The van der Waals surface area contributed by atoms with Gasteiger partial charge in [0.2, 0.25) is 0 Å². The fourth-order valence-corrected chi connectivity index (χ4v) is 3.77. The number of amides is 2. The quantitative estimate of drug-likeness (QED) is 0.781. The van der Waals surface area contributed by atoms with Crippen LogP contribution in [0.1, 0.15) is 35.8 Å². The van der Waals surface area contributed by atoms with Crippen molar-refractivity contribution in [1.82, 2.24) is 14.4 Å². The van der Waals surface area contributed by atoms with Gasteiger partial charge in [-0.25, -0.2) is 4.39 Å². The van der Waals surface area contributed by atoms with Crippen LogP contribution in [-0.2, 0) is 4.79 Å². The molecule has 1 aromatic rings. The molecule has 1 aromatic heterocycles. The van der Waals surface area contributed by atoms with Crippen LogP contribution in [0.2, 0.25) is 0 Å². The zero-order chi connectivity index (χ0) is 14.8. The first-order chi connectivity index (χ1) is 10.0. The zero-order valence-electron chi connectivity index (χ0n) is 12.0. The zero-order valence-corrected chi connectivity index (χ0v) is 12.0. The van der Waals surface area contributed by atoms with Crippen LogP contribution in [0.15, 0.2) is 18.3 Å². The summed E-state index contributed by atoms with van der Waals surface area (Å²) in [6.45, 7) is 0.906. The molecule has 4 rings (SSSR count). The van der Waals surface area contributed by atoms with E-state index < -0.39 is 11.6 Å². The van der Waals surface area contributed by atoms with Crippen LogP contribution in [0.4, 0.5) is 4.39 Å². The van der Waals surface area contributed by atoms with Gasteiger partial charge in [0.1, 0.15) is 5.69 Å². The lowest BCUT2D eigenvalue weighted by Crippen LogP contribution is -2.50. The SMILES string of the molecule is CN1C(=O)c2cccn2[C@@H]2CN(C(=O)C3(F)CCC3)C[C@@H]21. The number of hydrogen-bond donors (Lipinski definition) is 0. The number of halogens is 1. The van der Waals surface area contributed by atoms with Crippen LogP contribution in [0.3, 0.4) is 0 Å². The fraction of sp³-hybridized carbons (Fsp3) is 0.600. The predicted octanol–water partition coefficient (Wildman–Crippen LogP) is 1.22. The van der Waals surface area contributed by atoms with E-state index in [1.807, 2.05) is 16.8 Å². The van der Waals surface area contributed by atoms with Crippen molar-refractivity contribution in [2.24, 2.45) is 0 Å². The molecule has 0 radical (unpaired) electrons. The van der Waals surface area contributed by atoms with Gasteiger partial charge in [0.25, 0.3) is 11.8 Å². The topological polar surface area (TPSA) is 45.6 Å². The molecule has 1 saturated heterocycles. The number of nitrogens with zero attached hydrogens (tertiary/aromatic N) is 3. The molecule has 2 amide bonds. The third-order valence-electron chi connectivity index (χ3n) is 5.25. The number of likely N-dealkylation sites (N-methyl/N-ethyl adjacent to an activating group) is 1. The van der Waals surface area contributed by atoms with Gasteiger partial charge < -0.3 is 14.4 Å². The highest BCUT2D eigenvalue weighted by Crippen LogP contribution is 2.40. The van der Waals surface area contributed by atoms with Gasteiger partial charge in [-0.2, -0.15) is 0 Å². The Bertz CT molecular complexity index is 622. The average molecular weight is 291 g/mol. The minimum atomic E-state index is -1.66. The molecule has 5 nitrogen and oxygen atoms in total. The van der Waals surface area contributed by atoms with E-state index in [9.17, 15) is 14.0 Å². The molecule has 1 aliphatic carbocycles. The normalized spacial score (nSPS) is 29.9. The van der Waals surface area contributed by atoms with E-state index in [2.05, 4.69) is 0 Å². The molecule has 2 atom stereocenters. The van der Waals surface area contributed by atoms with E-state index in [4.69, 9.17) is 0 Å². The van der Waals surface area contributed by atoms with Crippen LogP contribution in [0.25, 0.3) is 0 Å². The number of hydrogen-bond acceptors (Lipinski definition) is 2. The van der Waals surface area contributed by atoms with E-state index in [1.54, 1.807) is 22.9 Å². The molecule has 112 valence electrons. The van der Waals surface area contributed by atoms with Crippen LogP contribution >= 0.6 is 0 Å². The molecule has 2 fully saturated rings. The minimum absolute atomic E-state index is 0.0327. The Balaban J connectivity index is 1.63. The van der Waals surface area contributed by atoms with Crippen molar-refractivity contribution in [1.29, 1.82) is 0 Å². The van der Waals surface area contributed by atoms with Gasteiger partial charge in [-0.3, -0.25) is 9.59 Å². The maximum Gasteiger partial charge on any atom is 0.270 e. The number of carbonyl (C=O) groups excluding carboxylic acids is 2. The maximum absolute atomic E-state index is 14.4. The van der Waals surface area contributed by atoms with E-state index in [1.165, 1.54) is 0 Å². The standard InChI is InChI=1S/C15H18FN3O2/c1-17-11-8-18(14(21)15(16)5-3-6-15)9-12(11)19-7-2-4-10(19)13(17)20/h2,4,7,11-12H,3,5-6,8-9H2,1H3/t11-,12+/m0/s1. The van der Waals surface area contributed by atoms with Crippen molar-refractivity contribution < 1.29 is 14.0 Å². The highest BCUT2D eigenvalue weighted by molar-refractivity contribution is 5.94. The van der Waals surface area contributed by atoms with Gasteiger partial charge in [-0.15, -0.1) is 0 Å². The number of rotatable bonds is 1. The number of aromatic nitrogens is 1. The minimum Gasteiger partial charge on any atom is -0.337 e. The summed E-state index contributed by atoms with van der Waals surface area (Å²) in [6.07, 6.45) is 3.33. The Morgan fingerprint density at radius 2 is 2.05 bits per heavy atom. The van der Waals surface area contributed by atoms with E-state index >= 15 is 0 Å². The molecule has 3 heterocycles. The van der Waals surface area contributed by atoms with E-state index in [0.717, 1.165) is 6.42 Å². The molecule has 2 aliphatic heterocycles. The highest BCUT2D eigenvalue weighted by Gasteiger charge is 2.52. The number of alkyl halides is 1. The monoisotopic (exact) mass is 291 g/mol. The summed E-state index contributed by atoms with van der Waals surface area (Å²) in [7, 11) is 1.76. The van der Waals surface area contributed by atoms with Crippen molar-refractivity contribution in [2.45, 2.75) is 37.0 Å². The van der Waals surface area contributed by atoms with Gasteiger partial charge in [-0.05, 0) is 31.4 Å². The van der Waals surface area contributed by atoms with Gasteiger partial charge >= 0.3 is 0 Å². The summed E-state index contributed by atoms with van der Waals surface area (Å²) in [6, 6.07) is 3.61. The molecule has 0 bridgehead atoms. The van der Waals surface area contributed by atoms with Gasteiger partial charge in [-0.1, -0.05) is 0 Å². The second kappa shape index (κ2) is 4.08. The molecule has 0 unspecified atom stereocenters. The van der Waals surface area contributed by atoms with Crippen molar-refractivity contribution in [3.63, 3.8) is 0 Å². The largest absolute Gasteiger partial charge is 0.337 e. The summed E-state index contributed by atoms with van der Waals surface area (Å²) >= 11 is 0. The first kappa shape index (κ1) is 12.9. The summed E-state index contributed by atoms with van der Waals surface area (Å²) in [4.78, 5) is 28.0. The Morgan fingerprint density at radius 1 is 1.33 bits per heavy atom. The van der Waals surface area contributed by atoms with Crippen molar-refractivity contribution in [2.75, 3.05) is 20.1 Å². The lowest BCUT2D eigenvalue weighted by molar-refractivity contribution is -0.149. The van der Waals surface area contributed by atoms with Crippen LogP contribution in [0.5, 0.6) is 0 Å². The third-order valence-corrected chi connectivity index (χ3v) is 5.25. The van der Waals surface area contributed by atoms with Crippen molar-refractivity contribution >= 4 is 11.8 Å². The van der Waals surface area contributed by atoms with Crippen molar-refractivity contribution in [3.05, 3.63) is 24.0 Å². The smallest absolute Gasteiger partial charge is 0.270 e. The summed E-state index contributed by atoms with van der Waals surface area (Å²) < 4.78 is 16.3. The van der Waals surface area contributed by atoms with Gasteiger partial charge in [0.15, 0.2) is 5.67 Å². The Morgan fingerprint density at radius 3 is 2.71 bits per heavy atom. The fourth-order valence-electron chi connectivity index (χ4n) is 3.77. The summed E-state index contributed by atoms with van der Waals surface area (Å²) in [5.74, 6) is -0.424. The first-order valence-corrected chi connectivity index (χ1v) is 7.43. The van der Waals surface area contributed by atoms with Crippen molar-refractivity contribution in [3.8, 4) is 0 Å².